The van der Waals surface area contributed by atoms with E-state index in [0.717, 1.165) is 0 Å². The van der Waals surface area contributed by atoms with Gasteiger partial charge in [-0.3, -0.25) is 4.79 Å². The van der Waals surface area contributed by atoms with Gasteiger partial charge in [-0.05, 0) is 37.0 Å². The number of nitrogens with one attached hydrogen (secondary N) is 2. The first-order valence-electron chi connectivity index (χ1n) is 7.72. The monoisotopic (exact) mass is 356 g/mol. The summed E-state index contributed by atoms with van der Waals surface area (Å²) in [5.41, 5.74) is 0.709. The molecule has 0 aliphatic rings. The summed E-state index contributed by atoms with van der Waals surface area (Å²) in [6, 6.07) is 3.17. The van der Waals surface area contributed by atoms with Crippen LogP contribution in [0.25, 0.3) is 0 Å². The van der Waals surface area contributed by atoms with E-state index in [4.69, 9.17) is 0 Å². The van der Waals surface area contributed by atoms with Gasteiger partial charge in [-0.1, -0.05) is 26.8 Å². The molecule has 8 heteroatoms. The average Bonchev–Trinajstić information content (AvgIpc) is 2.45. The van der Waals surface area contributed by atoms with Crippen molar-refractivity contribution in [3.63, 3.8) is 0 Å². The Bertz CT molecular complexity index is 713. The van der Waals surface area contributed by atoms with Gasteiger partial charge in [0.25, 0.3) is 5.91 Å². The summed E-state index contributed by atoms with van der Waals surface area (Å²) in [5.74, 6) is -1.63. The highest BCUT2D eigenvalue weighted by atomic mass is 32.2. The van der Waals surface area contributed by atoms with Gasteiger partial charge < -0.3 is 10.4 Å². The van der Waals surface area contributed by atoms with E-state index in [-0.39, 0.29) is 29.3 Å². The number of amides is 1. The van der Waals surface area contributed by atoms with Gasteiger partial charge in [0.15, 0.2) is 0 Å². The normalized spacial score (nSPS) is 12.9. The largest absolute Gasteiger partial charge is 0.480 e. The van der Waals surface area contributed by atoms with Gasteiger partial charge in [0.2, 0.25) is 10.0 Å². The molecule has 1 rings (SSSR count). The second-order valence-electron chi connectivity index (χ2n) is 5.97. The highest BCUT2D eigenvalue weighted by Gasteiger charge is 2.23. The predicted molar refractivity (Wildman–Crippen MR) is 90.4 cm³/mol. The molecule has 0 saturated carbocycles. The quantitative estimate of drug-likeness (QED) is 0.654. The molecule has 0 spiro atoms. The topological polar surface area (TPSA) is 113 Å². The molecule has 1 unspecified atom stereocenters. The average molecular weight is 356 g/mol. The highest BCUT2D eigenvalue weighted by molar-refractivity contribution is 7.89. The van der Waals surface area contributed by atoms with Crippen molar-refractivity contribution in [2.24, 2.45) is 5.92 Å². The highest BCUT2D eigenvalue weighted by Crippen LogP contribution is 2.16. The van der Waals surface area contributed by atoms with E-state index in [1.165, 1.54) is 18.2 Å². The number of sulfonamides is 1. The molecule has 0 fully saturated rings. The fourth-order valence-electron chi connectivity index (χ4n) is 2.22. The number of aryl methyl sites for hydroxylation is 1. The van der Waals surface area contributed by atoms with E-state index < -0.39 is 27.9 Å². The van der Waals surface area contributed by atoms with Gasteiger partial charge >= 0.3 is 5.97 Å². The van der Waals surface area contributed by atoms with Crippen LogP contribution in [0.2, 0.25) is 0 Å². The van der Waals surface area contributed by atoms with Crippen LogP contribution in [0.3, 0.4) is 0 Å². The lowest BCUT2D eigenvalue weighted by Crippen LogP contribution is -2.42. The van der Waals surface area contributed by atoms with Crippen LogP contribution in [0.15, 0.2) is 23.1 Å². The van der Waals surface area contributed by atoms with Crippen molar-refractivity contribution >= 4 is 21.9 Å². The van der Waals surface area contributed by atoms with Crippen LogP contribution in [-0.4, -0.2) is 38.0 Å². The predicted octanol–water partition coefficient (Wildman–Crippen LogP) is 1.52. The summed E-state index contributed by atoms with van der Waals surface area (Å²) in [5, 5.41) is 11.7. The number of rotatable bonds is 8. The molecule has 0 heterocycles. The Balaban J connectivity index is 3.12. The maximum atomic E-state index is 12.4. The van der Waals surface area contributed by atoms with Gasteiger partial charge in [0, 0.05) is 12.1 Å². The molecule has 0 radical (unpaired) electrons. The number of carboxylic acids is 1. The molecule has 0 saturated heterocycles. The molecule has 0 aromatic heterocycles. The summed E-state index contributed by atoms with van der Waals surface area (Å²) in [7, 11) is -3.69. The minimum atomic E-state index is -3.69. The van der Waals surface area contributed by atoms with E-state index in [2.05, 4.69) is 10.0 Å². The number of hydrogen-bond donors (Lipinski definition) is 3. The fraction of sp³-hybridized carbons (Fsp3) is 0.500. The zero-order valence-electron chi connectivity index (χ0n) is 14.3. The number of aliphatic carboxylic acids is 1. The van der Waals surface area contributed by atoms with Crippen molar-refractivity contribution in [1.82, 2.24) is 10.0 Å². The second-order valence-corrected chi connectivity index (χ2v) is 7.74. The Labute approximate surface area is 142 Å². The minimum absolute atomic E-state index is 0.0316. The Morgan fingerprint density at radius 3 is 2.38 bits per heavy atom. The van der Waals surface area contributed by atoms with E-state index in [1.54, 1.807) is 13.8 Å². The molecular weight excluding hydrogens is 332 g/mol. The zero-order chi connectivity index (χ0) is 18.5. The number of hydrogen-bond acceptors (Lipinski definition) is 4. The van der Waals surface area contributed by atoms with Crippen molar-refractivity contribution in [3.8, 4) is 0 Å². The van der Waals surface area contributed by atoms with Crippen LogP contribution in [-0.2, 0) is 14.8 Å². The minimum Gasteiger partial charge on any atom is -0.480 e. The fourth-order valence-corrected chi connectivity index (χ4v) is 3.28. The van der Waals surface area contributed by atoms with Gasteiger partial charge in [0.05, 0.1) is 4.90 Å². The van der Waals surface area contributed by atoms with E-state index in [9.17, 15) is 23.1 Å². The summed E-state index contributed by atoms with van der Waals surface area (Å²) in [4.78, 5) is 23.7. The van der Waals surface area contributed by atoms with Gasteiger partial charge in [-0.15, -0.1) is 0 Å². The Morgan fingerprint density at radius 1 is 1.25 bits per heavy atom. The Hall–Kier alpha value is -1.93. The first-order chi connectivity index (χ1) is 11.1. The molecule has 1 aromatic carbocycles. The van der Waals surface area contributed by atoms with Crippen molar-refractivity contribution in [1.29, 1.82) is 0 Å². The Kier molecular flexibility index (Phi) is 6.92. The molecule has 1 aromatic rings. The molecule has 134 valence electrons. The summed E-state index contributed by atoms with van der Waals surface area (Å²) in [6.07, 6.45) is 0.287. The third-order valence-electron chi connectivity index (χ3n) is 3.41. The number of carbonyl (C=O) groups excluding carboxylic acids is 1. The maximum Gasteiger partial charge on any atom is 0.326 e. The molecule has 3 N–H and O–H groups in total. The second kappa shape index (κ2) is 8.25. The third-order valence-corrected chi connectivity index (χ3v) is 4.95. The molecule has 1 amide bonds. The van der Waals surface area contributed by atoms with Gasteiger partial charge in [0.1, 0.15) is 6.04 Å². The maximum absolute atomic E-state index is 12.4. The van der Waals surface area contributed by atoms with Crippen LogP contribution in [0.4, 0.5) is 0 Å². The lowest BCUT2D eigenvalue weighted by Gasteiger charge is -2.17. The Morgan fingerprint density at radius 2 is 1.88 bits per heavy atom. The van der Waals surface area contributed by atoms with Crippen LogP contribution in [0.1, 0.15) is 43.1 Å². The van der Waals surface area contributed by atoms with Gasteiger partial charge in [-0.2, -0.15) is 0 Å². The van der Waals surface area contributed by atoms with Crippen LogP contribution < -0.4 is 10.0 Å². The zero-order valence-corrected chi connectivity index (χ0v) is 15.1. The van der Waals surface area contributed by atoms with Crippen molar-refractivity contribution < 1.29 is 23.1 Å². The van der Waals surface area contributed by atoms with E-state index >= 15 is 0 Å². The molecule has 24 heavy (non-hydrogen) atoms. The van der Waals surface area contributed by atoms with Crippen LogP contribution in [0, 0.1) is 12.8 Å². The first kappa shape index (κ1) is 20.1. The number of benzene rings is 1. The number of carbonyl (C=O) groups is 2. The molecule has 7 nitrogen and oxygen atoms in total. The lowest BCUT2D eigenvalue weighted by atomic mass is 10.0. The summed E-state index contributed by atoms with van der Waals surface area (Å²) >= 11 is 0. The van der Waals surface area contributed by atoms with Crippen molar-refractivity contribution in [2.75, 3.05) is 6.54 Å². The van der Waals surface area contributed by atoms with Crippen LogP contribution in [0.5, 0.6) is 0 Å². The van der Waals surface area contributed by atoms with E-state index in [0.29, 0.717) is 5.56 Å². The smallest absolute Gasteiger partial charge is 0.326 e. The summed E-state index contributed by atoms with van der Waals surface area (Å²) in [6.45, 7) is 7.26. The molecule has 0 aliphatic carbocycles. The first-order valence-corrected chi connectivity index (χ1v) is 9.20. The summed E-state index contributed by atoms with van der Waals surface area (Å²) < 4.78 is 26.5. The molecule has 1 atom stereocenters. The SMILES string of the molecule is CCNS(=O)(=O)c1ccc(C)c(C(=O)NC(CC(C)C)C(=O)O)c1. The third kappa shape index (κ3) is 5.31. The molecule has 0 aliphatic heterocycles. The van der Waals surface area contributed by atoms with Crippen LogP contribution >= 0.6 is 0 Å². The lowest BCUT2D eigenvalue weighted by molar-refractivity contribution is -0.139. The standard InChI is InChI=1S/C16H24N2O5S/c1-5-17-24(22,23)12-7-6-11(4)13(9-12)15(19)18-14(16(20)21)8-10(2)3/h6-7,9-10,14,17H,5,8H2,1-4H3,(H,18,19)(H,20,21). The van der Waals surface area contributed by atoms with Crippen molar-refractivity contribution in [2.45, 2.75) is 45.1 Å². The van der Waals surface area contributed by atoms with E-state index in [1.807, 2.05) is 13.8 Å². The molecular formula is C16H24N2O5S. The molecule has 0 bridgehead atoms. The van der Waals surface area contributed by atoms with Crippen molar-refractivity contribution in [3.05, 3.63) is 29.3 Å². The number of carboxylic acid groups (broad SMARTS) is 1. The van der Waals surface area contributed by atoms with Gasteiger partial charge in [-0.25, -0.2) is 17.9 Å².